The summed E-state index contributed by atoms with van der Waals surface area (Å²) in [5.74, 6) is -0.363. The first kappa shape index (κ1) is 19.3. The van der Waals surface area contributed by atoms with Gasteiger partial charge in [-0.2, -0.15) is 9.40 Å². The zero-order valence-electron chi connectivity index (χ0n) is 14.8. The van der Waals surface area contributed by atoms with E-state index in [-0.39, 0.29) is 10.7 Å². The highest BCUT2D eigenvalue weighted by Crippen LogP contribution is 2.23. The average Bonchev–Trinajstić information content (AvgIpc) is 3.00. The monoisotopic (exact) mass is 400 g/mol. The Bertz CT molecular complexity index is 892. The molecule has 1 aromatic heterocycles. The molecular weight excluding hydrogens is 379 g/mol. The van der Waals surface area contributed by atoms with Gasteiger partial charge in [0, 0.05) is 50.5 Å². The molecule has 0 spiro atoms. The summed E-state index contributed by atoms with van der Waals surface area (Å²) < 4.78 is 42.1. The maximum atomic E-state index is 13.2. The number of nitrogens with zero attached hydrogens (tertiary/aromatic N) is 4. The Balaban J connectivity index is 1.66. The van der Waals surface area contributed by atoms with Crippen LogP contribution in [-0.4, -0.2) is 53.6 Å². The maximum absolute atomic E-state index is 13.2. The van der Waals surface area contributed by atoms with E-state index in [9.17, 15) is 12.8 Å². The van der Waals surface area contributed by atoms with Crippen LogP contribution in [0.3, 0.4) is 0 Å². The van der Waals surface area contributed by atoms with Gasteiger partial charge in [0.05, 0.1) is 5.69 Å². The van der Waals surface area contributed by atoms with E-state index in [1.54, 1.807) is 23.9 Å². The normalized spacial score (nSPS) is 16.9. The second-order valence-electron chi connectivity index (χ2n) is 6.35. The van der Waals surface area contributed by atoms with Crippen molar-refractivity contribution in [3.63, 3.8) is 0 Å². The third-order valence-electron chi connectivity index (χ3n) is 4.58. The van der Waals surface area contributed by atoms with Crippen LogP contribution >= 0.6 is 11.6 Å². The number of benzene rings is 1. The molecule has 0 atom stereocenters. The van der Waals surface area contributed by atoms with Gasteiger partial charge in [0.15, 0.2) is 0 Å². The lowest BCUT2D eigenvalue weighted by Crippen LogP contribution is -2.48. The van der Waals surface area contributed by atoms with Gasteiger partial charge < -0.3 is 0 Å². The molecule has 2 heterocycles. The fraction of sp³-hybridized carbons (Fsp3) is 0.471. The SMILES string of the molecule is CCn1cc(S(=O)(=O)N2CCN(Cc3ccc(F)cc3Cl)CC2)c(C)n1. The van der Waals surface area contributed by atoms with Gasteiger partial charge in [0.1, 0.15) is 10.7 Å². The first-order chi connectivity index (χ1) is 12.3. The molecule has 1 aliphatic rings. The zero-order chi connectivity index (χ0) is 18.9. The summed E-state index contributed by atoms with van der Waals surface area (Å²) in [5, 5.41) is 4.62. The molecule has 1 aromatic carbocycles. The molecule has 1 fully saturated rings. The number of hydrogen-bond donors (Lipinski definition) is 0. The van der Waals surface area contributed by atoms with E-state index < -0.39 is 10.0 Å². The number of halogens is 2. The van der Waals surface area contributed by atoms with Crippen molar-refractivity contribution < 1.29 is 12.8 Å². The van der Waals surface area contributed by atoms with Crippen molar-refractivity contribution in [3.05, 3.63) is 46.5 Å². The van der Waals surface area contributed by atoms with Crippen LogP contribution < -0.4 is 0 Å². The minimum absolute atomic E-state index is 0.273. The summed E-state index contributed by atoms with van der Waals surface area (Å²) in [6.07, 6.45) is 1.59. The highest BCUT2D eigenvalue weighted by molar-refractivity contribution is 7.89. The van der Waals surface area contributed by atoms with Gasteiger partial charge in [-0.1, -0.05) is 17.7 Å². The summed E-state index contributed by atoms with van der Waals surface area (Å²) in [7, 11) is -3.54. The summed E-state index contributed by atoms with van der Waals surface area (Å²) >= 11 is 6.08. The molecule has 142 valence electrons. The standard InChI is InChI=1S/C17H22ClFN4O2S/c1-3-22-12-17(13(2)20-22)26(24,25)23-8-6-21(7-9-23)11-14-4-5-15(19)10-16(14)18/h4-5,10,12H,3,6-9,11H2,1-2H3. The number of sulfonamides is 1. The molecule has 0 N–H and O–H groups in total. The van der Waals surface area contributed by atoms with Crippen molar-refractivity contribution >= 4 is 21.6 Å². The first-order valence-corrected chi connectivity index (χ1v) is 10.3. The van der Waals surface area contributed by atoms with Gasteiger partial charge in [0.2, 0.25) is 10.0 Å². The van der Waals surface area contributed by atoms with Crippen LogP contribution in [0.1, 0.15) is 18.2 Å². The van der Waals surface area contributed by atoms with Crippen LogP contribution in [0.15, 0.2) is 29.3 Å². The lowest BCUT2D eigenvalue weighted by atomic mass is 10.2. The van der Waals surface area contributed by atoms with Crippen molar-refractivity contribution in [1.29, 1.82) is 0 Å². The molecule has 1 aliphatic heterocycles. The number of rotatable bonds is 5. The quantitative estimate of drug-likeness (QED) is 0.773. The average molecular weight is 401 g/mol. The van der Waals surface area contributed by atoms with Gasteiger partial charge in [-0.3, -0.25) is 9.58 Å². The Morgan fingerprint density at radius 2 is 1.92 bits per heavy atom. The van der Waals surface area contributed by atoms with E-state index >= 15 is 0 Å². The minimum Gasteiger partial charge on any atom is -0.296 e. The van der Waals surface area contributed by atoms with Crippen molar-refractivity contribution in [2.75, 3.05) is 26.2 Å². The van der Waals surface area contributed by atoms with Gasteiger partial charge in [-0.15, -0.1) is 0 Å². The molecule has 0 unspecified atom stereocenters. The predicted octanol–water partition coefficient (Wildman–Crippen LogP) is 2.51. The molecule has 0 bridgehead atoms. The lowest BCUT2D eigenvalue weighted by Gasteiger charge is -2.34. The van der Waals surface area contributed by atoms with Crippen molar-refractivity contribution in [2.45, 2.75) is 31.8 Å². The maximum Gasteiger partial charge on any atom is 0.246 e. The van der Waals surface area contributed by atoms with E-state index in [0.29, 0.717) is 50.0 Å². The molecule has 0 saturated carbocycles. The molecule has 1 saturated heterocycles. The minimum atomic E-state index is -3.54. The summed E-state index contributed by atoms with van der Waals surface area (Å²) in [4.78, 5) is 2.39. The van der Waals surface area contributed by atoms with E-state index in [4.69, 9.17) is 11.6 Å². The summed E-state index contributed by atoms with van der Waals surface area (Å²) in [6.45, 7) is 6.81. The largest absolute Gasteiger partial charge is 0.296 e. The first-order valence-electron chi connectivity index (χ1n) is 8.51. The second-order valence-corrected chi connectivity index (χ2v) is 8.66. The molecule has 0 radical (unpaired) electrons. The van der Waals surface area contributed by atoms with Crippen LogP contribution in [-0.2, 0) is 23.1 Å². The summed E-state index contributed by atoms with van der Waals surface area (Å²) in [5.41, 5.74) is 1.36. The molecule has 2 aromatic rings. The molecule has 6 nitrogen and oxygen atoms in total. The van der Waals surface area contributed by atoms with Gasteiger partial charge in [-0.05, 0) is 31.5 Å². The van der Waals surface area contributed by atoms with E-state index in [1.165, 1.54) is 16.4 Å². The van der Waals surface area contributed by atoms with E-state index in [0.717, 1.165) is 5.56 Å². The smallest absolute Gasteiger partial charge is 0.246 e. The Hall–Kier alpha value is -1.48. The van der Waals surface area contributed by atoms with Crippen molar-refractivity contribution in [1.82, 2.24) is 19.0 Å². The van der Waals surface area contributed by atoms with Gasteiger partial charge >= 0.3 is 0 Å². The molecule has 9 heteroatoms. The second kappa shape index (κ2) is 7.64. The highest BCUT2D eigenvalue weighted by atomic mass is 35.5. The third kappa shape index (κ3) is 3.93. The molecule has 3 rings (SSSR count). The van der Waals surface area contributed by atoms with E-state index in [2.05, 4.69) is 10.00 Å². The highest BCUT2D eigenvalue weighted by Gasteiger charge is 2.31. The number of aromatic nitrogens is 2. The van der Waals surface area contributed by atoms with Crippen LogP contribution in [0.2, 0.25) is 5.02 Å². The number of hydrogen-bond acceptors (Lipinski definition) is 4. The van der Waals surface area contributed by atoms with Gasteiger partial charge in [0.25, 0.3) is 0 Å². The van der Waals surface area contributed by atoms with Crippen LogP contribution in [0, 0.1) is 12.7 Å². The summed E-state index contributed by atoms with van der Waals surface area (Å²) in [6, 6.07) is 4.35. The van der Waals surface area contributed by atoms with Crippen molar-refractivity contribution in [3.8, 4) is 0 Å². The van der Waals surface area contributed by atoms with Gasteiger partial charge in [-0.25, -0.2) is 12.8 Å². The topological polar surface area (TPSA) is 58.4 Å². The van der Waals surface area contributed by atoms with Crippen LogP contribution in [0.4, 0.5) is 4.39 Å². The lowest BCUT2D eigenvalue weighted by molar-refractivity contribution is 0.181. The number of aryl methyl sites for hydroxylation is 2. The van der Waals surface area contributed by atoms with E-state index in [1.807, 2.05) is 6.92 Å². The Kier molecular flexibility index (Phi) is 5.67. The molecule has 0 amide bonds. The van der Waals surface area contributed by atoms with Crippen molar-refractivity contribution in [2.24, 2.45) is 0 Å². The predicted molar refractivity (Wildman–Crippen MR) is 98.1 cm³/mol. The Morgan fingerprint density at radius 1 is 1.23 bits per heavy atom. The molecular formula is C17H22ClFN4O2S. The Morgan fingerprint density at radius 3 is 2.50 bits per heavy atom. The Labute approximate surface area is 158 Å². The van der Waals surface area contributed by atoms with Crippen LogP contribution in [0.5, 0.6) is 0 Å². The third-order valence-corrected chi connectivity index (χ3v) is 6.94. The molecule has 26 heavy (non-hydrogen) atoms. The molecule has 0 aliphatic carbocycles. The number of piperazine rings is 1. The fourth-order valence-corrected chi connectivity index (χ4v) is 4.89. The fourth-order valence-electron chi connectivity index (χ4n) is 3.07. The van der Waals surface area contributed by atoms with Crippen LogP contribution in [0.25, 0.3) is 0 Å². The zero-order valence-corrected chi connectivity index (χ0v) is 16.4.